The Kier molecular flexibility index (Phi) is 4.63. The Hall–Kier alpha value is -0.340. The third kappa shape index (κ3) is 3.43. The molecule has 2 N–H and O–H groups in total. The first-order valence-electron chi connectivity index (χ1n) is 5.39. The molecule has 14 heavy (non-hydrogen) atoms. The molecule has 1 aromatic heterocycles. The molecule has 0 aromatic carbocycles. The standard InChI is InChI=1S/C12H21NS/c1-9(2)5-4-6-12(13)11-8-14-7-10(11)3/h7-9,12H,4-6,13H2,1-3H3. The Balaban J connectivity index is 2.36. The summed E-state index contributed by atoms with van der Waals surface area (Å²) in [5.74, 6) is 0.797. The highest BCUT2D eigenvalue weighted by Gasteiger charge is 2.09. The first-order valence-corrected chi connectivity index (χ1v) is 6.33. The average Bonchev–Trinajstić information content (AvgIpc) is 2.50. The maximum Gasteiger partial charge on any atom is 0.0305 e. The van der Waals surface area contributed by atoms with Crippen LogP contribution in [0.15, 0.2) is 10.8 Å². The molecule has 1 rings (SSSR count). The summed E-state index contributed by atoms with van der Waals surface area (Å²) in [5.41, 5.74) is 8.83. The van der Waals surface area contributed by atoms with Gasteiger partial charge in [-0.25, -0.2) is 0 Å². The van der Waals surface area contributed by atoms with E-state index in [4.69, 9.17) is 5.73 Å². The zero-order chi connectivity index (χ0) is 10.6. The SMILES string of the molecule is Cc1cscc1C(N)CCCC(C)C. The molecule has 1 aromatic rings. The summed E-state index contributed by atoms with van der Waals surface area (Å²) in [5, 5.41) is 4.37. The molecule has 0 saturated heterocycles. The molecule has 1 atom stereocenters. The van der Waals surface area contributed by atoms with E-state index < -0.39 is 0 Å². The average molecular weight is 211 g/mol. The minimum atomic E-state index is 0.250. The lowest BCUT2D eigenvalue weighted by Crippen LogP contribution is -2.10. The molecular formula is C12H21NS. The van der Waals surface area contributed by atoms with Gasteiger partial charge in [0, 0.05) is 6.04 Å². The predicted octanol–water partition coefficient (Wildman–Crippen LogP) is 3.88. The van der Waals surface area contributed by atoms with Gasteiger partial charge < -0.3 is 5.73 Å². The van der Waals surface area contributed by atoms with Crippen LogP contribution in [0.25, 0.3) is 0 Å². The van der Waals surface area contributed by atoms with E-state index in [1.807, 2.05) is 0 Å². The van der Waals surface area contributed by atoms with Crippen LogP contribution in [0.2, 0.25) is 0 Å². The van der Waals surface area contributed by atoms with Crippen molar-refractivity contribution in [3.05, 3.63) is 21.9 Å². The second-order valence-electron chi connectivity index (χ2n) is 4.44. The van der Waals surface area contributed by atoms with Crippen LogP contribution in [0, 0.1) is 12.8 Å². The van der Waals surface area contributed by atoms with Crippen LogP contribution >= 0.6 is 11.3 Å². The molecule has 0 radical (unpaired) electrons. The second kappa shape index (κ2) is 5.52. The van der Waals surface area contributed by atoms with Crippen LogP contribution in [0.5, 0.6) is 0 Å². The molecule has 1 heterocycles. The highest BCUT2D eigenvalue weighted by molar-refractivity contribution is 7.08. The zero-order valence-electron chi connectivity index (χ0n) is 9.42. The fourth-order valence-electron chi connectivity index (χ4n) is 1.65. The van der Waals surface area contributed by atoms with Crippen LogP contribution in [-0.4, -0.2) is 0 Å². The van der Waals surface area contributed by atoms with Crippen molar-refractivity contribution < 1.29 is 0 Å². The molecule has 0 fully saturated rings. The van der Waals surface area contributed by atoms with Gasteiger partial charge in [0.15, 0.2) is 0 Å². The van der Waals surface area contributed by atoms with E-state index in [2.05, 4.69) is 31.5 Å². The molecule has 2 heteroatoms. The summed E-state index contributed by atoms with van der Waals surface area (Å²) >= 11 is 1.75. The van der Waals surface area contributed by atoms with Gasteiger partial charge in [-0.2, -0.15) is 11.3 Å². The lowest BCUT2D eigenvalue weighted by Gasteiger charge is -2.12. The number of nitrogens with two attached hydrogens (primary N) is 1. The van der Waals surface area contributed by atoms with Gasteiger partial charge in [0.25, 0.3) is 0 Å². The lowest BCUT2D eigenvalue weighted by atomic mass is 9.99. The van der Waals surface area contributed by atoms with Crippen LogP contribution in [0.3, 0.4) is 0 Å². The van der Waals surface area contributed by atoms with Crippen molar-refractivity contribution in [2.24, 2.45) is 11.7 Å². The summed E-state index contributed by atoms with van der Waals surface area (Å²) in [7, 11) is 0. The van der Waals surface area contributed by atoms with Crippen LogP contribution in [0.1, 0.15) is 50.3 Å². The smallest absolute Gasteiger partial charge is 0.0305 e. The highest BCUT2D eigenvalue weighted by atomic mass is 32.1. The summed E-state index contributed by atoms with van der Waals surface area (Å²) in [6.45, 7) is 6.68. The van der Waals surface area contributed by atoms with Gasteiger partial charge in [0.05, 0.1) is 0 Å². The van der Waals surface area contributed by atoms with Crippen molar-refractivity contribution in [3.63, 3.8) is 0 Å². The van der Waals surface area contributed by atoms with Crippen molar-refractivity contribution in [2.75, 3.05) is 0 Å². The Labute approximate surface area is 91.3 Å². The number of thiophene rings is 1. The maximum atomic E-state index is 6.13. The third-order valence-electron chi connectivity index (χ3n) is 2.59. The van der Waals surface area contributed by atoms with Gasteiger partial charge in [-0.1, -0.05) is 26.7 Å². The Morgan fingerprint density at radius 3 is 2.50 bits per heavy atom. The molecule has 1 nitrogen and oxygen atoms in total. The molecule has 0 saturated carbocycles. The van der Waals surface area contributed by atoms with Gasteiger partial charge in [0.2, 0.25) is 0 Å². The Bertz CT molecular complexity index is 265. The fourth-order valence-corrected chi connectivity index (χ4v) is 2.57. The minimum Gasteiger partial charge on any atom is -0.324 e. The van der Waals surface area contributed by atoms with Crippen LogP contribution in [0.4, 0.5) is 0 Å². The number of hydrogen-bond acceptors (Lipinski definition) is 2. The quantitative estimate of drug-likeness (QED) is 0.786. The second-order valence-corrected chi connectivity index (χ2v) is 5.18. The molecule has 80 valence electrons. The van der Waals surface area contributed by atoms with Crippen molar-refractivity contribution in [2.45, 2.75) is 46.1 Å². The highest BCUT2D eigenvalue weighted by Crippen LogP contribution is 2.24. The Morgan fingerprint density at radius 1 is 1.29 bits per heavy atom. The summed E-state index contributed by atoms with van der Waals surface area (Å²) in [6.07, 6.45) is 3.65. The van der Waals surface area contributed by atoms with E-state index in [0.717, 1.165) is 12.3 Å². The monoisotopic (exact) mass is 211 g/mol. The van der Waals surface area contributed by atoms with Gasteiger partial charge in [-0.3, -0.25) is 0 Å². The van der Waals surface area contributed by atoms with E-state index in [9.17, 15) is 0 Å². The molecule has 0 aliphatic carbocycles. The summed E-state index contributed by atoms with van der Waals surface area (Å²) in [6, 6.07) is 0.250. The normalized spacial score (nSPS) is 13.5. The van der Waals surface area contributed by atoms with Gasteiger partial charge >= 0.3 is 0 Å². The van der Waals surface area contributed by atoms with E-state index in [1.54, 1.807) is 11.3 Å². The van der Waals surface area contributed by atoms with Gasteiger partial charge in [-0.15, -0.1) is 0 Å². The molecule has 0 aliphatic rings. The predicted molar refractivity (Wildman–Crippen MR) is 64.7 cm³/mol. The van der Waals surface area contributed by atoms with Gasteiger partial charge in [0.1, 0.15) is 0 Å². The first-order chi connectivity index (χ1) is 6.61. The fraction of sp³-hybridized carbons (Fsp3) is 0.667. The summed E-state index contributed by atoms with van der Waals surface area (Å²) in [4.78, 5) is 0. The maximum absolute atomic E-state index is 6.13. The first kappa shape index (κ1) is 11.7. The topological polar surface area (TPSA) is 26.0 Å². The van der Waals surface area contributed by atoms with Crippen molar-refractivity contribution in [3.8, 4) is 0 Å². The van der Waals surface area contributed by atoms with Crippen LogP contribution in [-0.2, 0) is 0 Å². The number of rotatable bonds is 5. The number of hydrogen-bond donors (Lipinski definition) is 1. The van der Waals surface area contributed by atoms with Crippen molar-refractivity contribution in [1.29, 1.82) is 0 Å². The van der Waals surface area contributed by atoms with Crippen LogP contribution < -0.4 is 5.73 Å². The van der Waals surface area contributed by atoms with E-state index in [-0.39, 0.29) is 6.04 Å². The third-order valence-corrected chi connectivity index (χ3v) is 3.47. The minimum absolute atomic E-state index is 0.250. The van der Waals surface area contributed by atoms with E-state index >= 15 is 0 Å². The molecule has 0 aliphatic heterocycles. The number of aryl methyl sites for hydroxylation is 1. The largest absolute Gasteiger partial charge is 0.324 e. The van der Waals surface area contributed by atoms with E-state index in [0.29, 0.717) is 0 Å². The molecule has 0 spiro atoms. The summed E-state index contributed by atoms with van der Waals surface area (Å²) < 4.78 is 0. The van der Waals surface area contributed by atoms with Gasteiger partial charge in [-0.05, 0) is 41.1 Å². The Morgan fingerprint density at radius 2 is 2.00 bits per heavy atom. The van der Waals surface area contributed by atoms with Crippen molar-refractivity contribution in [1.82, 2.24) is 0 Å². The molecule has 0 bridgehead atoms. The lowest BCUT2D eigenvalue weighted by molar-refractivity contribution is 0.505. The van der Waals surface area contributed by atoms with Crippen molar-refractivity contribution >= 4 is 11.3 Å². The molecule has 0 amide bonds. The molecule has 1 unspecified atom stereocenters. The molecular weight excluding hydrogens is 190 g/mol. The zero-order valence-corrected chi connectivity index (χ0v) is 10.2. The van der Waals surface area contributed by atoms with E-state index in [1.165, 1.54) is 24.0 Å².